The molecule has 1 unspecified atom stereocenters. The number of nitrogens with zero attached hydrogens (tertiary/aromatic N) is 5. The molecule has 0 aliphatic carbocycles. The second-order valence-electron chi connectivity index (χ2n) is 5.81. The number of anilines is 2. The molecule has 1 fully saturated rings. The summed E-state index contributed by atoms with van der Waals surface area (Å²) in [5, 5.41) is 16.7. The van der Waals surface area contributed by atoms with Crippen LogP contribution in [-0.4, -0.2) is 49.8 Å². The number of β-amino-alcohol motifs (C(OH)–C–C–N with tert-alkyl or cyclic N) is 1. The second kappa shape index (κ2) is 6.10. The van der Waals surface area contributed by atoms with Gasteiger partial charge in [-0.2, -0.15) is 0 Å². The molecule has 0 aromatic carbocycles. The summed E-state index contributed by atoms with van der Waals surface area (Å²) < 4.78 is 14.3. The van der Waals surface area contributed by atoms with Crippen LogP contribution in [0.5, 0.6) is 0 Å². The predicted octanol–water partition coefficient (Wildman–Crippen LogP) is 1.09. The van der Waals surface area contributed by atoms with Crippen molar-refractivity contribution in [1.82, 2.24) is 19.6 Å². The molecular weight excluding hydrogens is 327 g/mol. The average Bonchev–Trinajstić information content (AvgIpc) is 3.22. The fraction of sp³-hybridized carbons (Fsp3) is 0.250. The molecule has 1 saturated heterocycles. The molecule has 25 heavy (non-hydrogen) atoms. The second-order valence-corrected chi connectivity index (χ2v) is 5.81. The summed E-state index contributed by atoms with van der Waals surface area (Å²) in [6, 6.07) is 6.16. The van der Waals surface area contributed by atoms with E-state index in [1.54, 1.807) is 6.07 Å². The minimum absolute atomic E-state index is 0.236. The Morgan fingerprint density at radius 1 is 1.24 bits per heavy atom. The van der Waals surface area contributed by atoms with Crippen molar-refractivity contribution < 1.29 is 14.3 Å². The third-order valence-electron chi connectivity index (χ3n) is 4.04. The zero-order valence-electron chi connectivity index (χ0n) is 13.1. The maximum atomic E-state index is 12.9. The number of aromatic nitrogens is 4. The maximum Gasteiger partial charge on any atom is 0.277 e. The van der Waals surface area contributed by atoms with E-state index in [1.807, 2.05) is 11.0 Å². The molecule has 3 aromatic heterocycles. The van der Waals surface area contributed by atoms with Crippen LogP contribution >= 0.6 is 0 Å². The minimum Gasteiger partial charge on any atom is -0.391 e. The van der Waals surface area contributed by atoms with E-state index < -0.39 is 11.7 Å². The summed E-state index contributed by atoms with van der Waals surface area (Å²) in [7, 11) is 0. The molecule has 1 aliphatic heterocycles. The number of fused-ring (bicyclic) bond motifs is 1. The van der Waals surface area contributed by atoms with Crippen molar-refractivity contribution in [3.8, 4) is 0 Å². The van der Waals surface area contributed by atoms with Crippen molar-refractivity contribution in [1.29, 1.82) is 0 Å². The van der Waals surface area contributed by atoms with Gasteiger partial charge in [-0.3, -0.25) is 4.79 Å². The Hall–Kier alpha value is -3.07. The van der Waals surface area contributed by atoms with Crippen molar-refractivity contribution in [2.45, 2.75) is 12.5 Å². The number of carbonyl (C=O) groups is 1. The van der Waals surface area contributed by atoms with Gasteiger partial charge in [0.05, 0.1) is 18.5 Å². The van der Waals surface area contributed by atoms with Crippen molar-refractivity contribution in [2.24, 2.45) is 0 Å². The first-order valence-electron chi connectivity index (χ1n) is 7.81. The predicted molar refractivity (Wildman–Crippen MR) is 88.0 cm³/mol. The van der Waals surface area contributed by atoms with E-state index >= 15 is 0 Å². The number of hydrogen-bond donors (Lipinski definition) is 2. The fourth-order valence-corrected chi connectivity index (χ4v) is 2.77. The molecule has 1 atom stereocenters. The molecule has 2 N–H and O–H groups in total. The van der Waals surface area contributed by atoms with Crippen LogP contribution in [0.3, 0.4) is 0 Å². The molecule has 128 valence electrons. The standard InChI is InChI=1S/C16H15FN6O2/c17-10-1-2-13(18-7-10)20-16(25)12-8-19-14-3-4-15(21-23(12)14)22-6-5-11(24)9-22/h1-4,7-8,11,24H,5-6,9H2,(H,18,20,25). The van der Waals surface area contributed by atoms with Gasteiger partial charge in [0.2, 0.25) is 0 Å². The Kier molecular flexibility index (Phi) is 3.77. The molecule has 8 nitrogen and oxygen atoms in total. The number of imidazole rings is 1. The first-order chi connectivity index (χ1) is 12.1. The van der Waals surface area contributed by atoms with Gasteiger partial charge in [-0.25, -0.2) is 18.9 Å². The zero-order valence-corrected chi connectivity index (χ0v) is 13.1. The van der Waals surface area contributed by atoms with Crippen LogP contribution in [0.2, 0.25) is 0 Å². The summed E-state index contributed by atoms with van der Waals surface area (Å²) in [4.78, 5) is 22.4. The van der Waals surface area contributed by atoms with Gasteiger partial charge in [0, 0.05) is 13.1 Å². The highest BCUT2D eigenvalue weighted by atomic mass is 19.1. The lowest BCUT2D eigenvalue weighted by Crippen LogP contribution is -2.23. The van der Waals surface area contributed by atoms with Crippen LogP contribution in [0.25, 0.3) is 5.65 Å². The SMILES string of the molecule is O=C(Nc1ccc(F)cn1)c1cnc2ccc(N3CCC(O)C3)nn12. The maximum absolute atomic E-state index is 12.9. The normalized spacial score (nSPS) is 17.2. The lowest BCUT2D eigenvalue weighted by molar-refractivity contribution is 0.102. The van der Waals surface area contributed by atoms with E-state index in [1.165, 1.54) is 22.8 Å². The summed E-state index contributed by atoms with van der Waals surface area (Å²) in [6.07, 6.45) is 2.77. The number of nitrogens with one attached hydrogen (secondary N) is 1. The number of halogens is 1. The minimum atomic E-state index is -0.480. The molecule has 1 amide bonds. The highest BCUT2D eigenvalue weighted by Gasteiger charge is 2.22. The van der Waals surface area contributed by atoms with E-state index in [0.29, 0.717) is 31.0 Å². The zero-order chi connectivity index (χ0) is 17.4. The van der Waals surface area contributed by atoms with E-state index in [9.17, 15) is 14.3 Å². The van der Waals surface area contributed by atoms with E-state index in [4.69, 9.17) is 0 Å². The average molecular weight is 342 g/mol. The number of aliphatic hydroxyl groups excluding tert-OH is 1. The first-order valence-corrected chi connectivity index (χ1v) is 7.81. The summed E-state index contributed by atoms with van der Waals surface area (Å²) in [5.41, 5.74) is 0.767. The van der Waals surface area contributed by atoms with Gasteiger partial charge in [0.15, 0.2) is 11.3 Å². The quantitative estimate of drug-likeness (QED) is 0.740. The molecule has 0 radical (unpaired) electrons. The number of carbonyl (C=O) groups excluding carboxylic acids is 1. The van der Waals surface area contributed by atoms with Crippen LogP contribution in [0.4, 0.5) is 16.0 Å². The van der Waals surface area contributed by atoms with Crippen LogP contribution in [-0.2, 0) is 0 Å². The molecule has 9 heteroatoms. The molecular formula is C16H15FN6O2. The molecule has 0 spiro atoms. The Bertz CT molecular complexity index is 926. The molecule has 4 heterocycles. The van der Waals surface area contributed by atoms with Gasteiger partial charge in [0.25, 0.3) is 5.91 Å². The first kappa shape index (κ1) is 15.5. The monoisotopic (exact) mass is 342 g/mol. The van der Waals surface area contributed by atoms with E-state index in [-0.39, 0.29) is 17.6 Å². The lowest BCUT2D eigenvalue weighted by atomic mass is 10.3. The molecule has 1 aliphatic rings. The van der Waals surface area contributed by atoms with Gasteiger partial charge in [0.1, 0.15) is 17.5 Å². The van der Waals surface area contributed by atoms with Crippen molar-refractivity contribution in [3.63, 3.8) is 0 Å². The van der Waals surface area contributed by atoms with Gasteiger partial charge in [-0.15, -0.1) is 5.10 Å². The lowest BCUT2D eigenvalue weighted by Gasteiger charge is -2.16. The van der Waals surface area contributed by atoms with E-state index in [2.05, 4.69) is 20.4 Å². The van der Waals surface area contributed by atoms with Crippen LogP contribution in [0.1, 0.15) is 16.9 Å². The summed E-state index contributed by atoms with van der Waals surface area (Å²) >= 11 is 0. The van der Waals surface area contributed by atoms with Crippen LogP contribution in [0, 0.1) is 5.82 Å². The van der Waals surface area contributed by atoms with Gasteiger partial charge in [-0.05, 0) is 30.7 Å². The van der Waals surface area contributed by atoms with Crippen molar-refractivity contribution in [2.75, 3.05) is 23.3 Å². The summed E-state index contributed by atoms with van der Waals surface area (Å²) in [5.74, 6) is -0.0270. The number of pyridine rings is 1. The molecule has 4 rings (SSSR count). The van der Waals surface area contributed by atoms with Gasteiger partial charge < -0.3 is 15.3 Å². The Morgan fingerprint density at radius 2 is 2.12 bits per heavy atom. The Labute approximate surface area is 141 Å². The van der Waals surface area contributed by atoms with Gasteiger partial charge in [-0.1, -0.05) is 0 Å². The van der Waals surface area contributed by atoms with Gasteiger partial charge >= 0.3 is 0 Å². The third kappa shape index (κ3) is 3.01. The number of amides is 1. The van der Waals surface area contributed by atoms with Crippen LogP contribution in [0.15, 0.2) is 36.7 Å². The van der Waals surface area contributed by atoms with Crippen molar-refractivity contribution >= 4 is 23.2 Å². The van der Waals surface area contributed by atoms with Crippen molar-refractivity contribution in [3.05, 3.63) is 48.2 Å². The fourth-order valence-electron chi connectivity index (χ4n) is 2.77. The smallest absolute Gasteiger partial charge is 0.277 e. The molecule has 0 bridgehead atoms. The highest BCUT2D eigenvalue weighted by molar-refractivity contribution is 6.02. The Balaban J connectivity index is 1.62. The summed E-state index contributed by atoms with van der Waals surface area (Å²) in [6.45, 7) is 1.21. The largest absolute Gasteiger partial charge is 0.391 e. The van der Waals surface area contributed by atoms with Crippen LogP contribution < -0.4 is 10.2 Å². The Morgan fingerprint density at radius 3 is 2.84 bits per heavy atom. The van der Waals surface area contributed by atoms with E-state index in [0.717, 1.165) is 6.20 Å². The molecule has 0 saturated carbocycles. The molecule has 3 aromatic rings. The topological polar surface area (TPSA) is 95.7 Å². The highest BCUT2D eigenvalue weighted by Crippen LogP contribution is 2.19. The third-order valence-corrected chi connectivity index (χ3v) is 4.04. The number of rotatable bonds is 3. The number of hydrogen-bond acceptors (Lipinski definition) is 6. The number of aliphatic hydroxyl groups is 1.